The molecule has 0 fully saturated rings. The molecule has 0 radical (unpaired) electrons. The van der Waals surface area contributed by atoms with E-state index in [0.29, 0.717) is 65.9 Å². The molecule has 0 aromatic heterocycles. The molecule has 186 valence electrons. The van der Waals surface area contributed by atoms with E-state index < -0.39 is 0 Å². The van der Waals surface area contributed by atoms with Crippen molar-refractivity contribution in [3.8, 4) is 0 Å². The Kier molecular flexibility index (Phi) is 21.8. The molecule has 0 heterocycles. The van der Waals surface area contributed by atoms with Gasteiger partial charge in [-0.25, -0.2) is 0 Å². The molecular weight excluding hydrogens is 406 g/mol. The van der Waals surface area contributed by atoms with E-state index in [4.69, 9.17) is 33.2 Å². The fraction of sp³-hybridized carbons (Fsp3) is 0.955. The van der Waals surface area contributed by atoms with Crippen LogP contribution in [0.1, 0.15) is 26.7 Å². The van der Waals surface area contributed by atoms with Crippen LogP contribution in [0.15, 0.2) is 0 Å². The highest BCUT2D eigenvalue weighted by molar-refractivity contribution is 5.68. The van der Waals surface area contributed by atoms with Crippen molar-refractivity contribution in [2.75, 3.05) is 113 Å². The van der Waals surface area contributed by atoms with Crippen LogP contribution in [0.5, 0.6) is 0 Å². The van der Waals surface area contributed by atoms with E-state index in [0.717, 1.165) is 43.7 Å². The summed E-state index contributed by atoms with van der Waals surface area (Å²) in [6, 6.07) is 0. The standard InChI is InChI=1S/C22H46NO8/c1-5-11-27-12-7-23(8-13-28-18-16-25-3,9-14-29-19-17-26-4)10-15-30-20-21-31-22(24)6-2/h5-21H2,1-4H3/q+1. The number of hydrogen-bond donors (Lipinski definition) is 0. The van der Waals surface area contributed by atoms with Crippen LogP contribution in [0.3, 0.4) is 0 Å². The zero-order valence-corrected chi connectivity index (χ0v) is 20.2. The van der Waals surface area contributed by atoms with Crippen molar-refractivity contribution >= 4 is 5.97 Å². The maximum Gasteiger partial charge on any atom is 0.305 e. The minimum Gasteiger partial charge on any atom is -0.463 e. The lowest BCUT2D eigenvalue weighted by atomic mass is 10.3. The summed E-state index contributed by atoms with van der Waals surface area (Å²) < 4.78 is 39.0. The molecule has 0 saturated heterocycles. The zero-order chi connectivity index (χ0) is 23.0. The molecule has 0 saturated carbocycles. The quantitative estimate of drug-likeness (QED) is 0.124. The van der Waals surface area contributed by atoms with Gasteiger partial charge in [-0.15, -0.1) is 0 Å². The minimum absolute atomic E-state index is 0.205. The highest BCUT2D eigenvalue weighted by atomic mass is 16.6. The number of hydrogen-bond acceptors (Lipinski definition) is 8. The molecule has 0 amide bonds. The number of ether oxygens (including phenoxy) is 7. The number of nitrogens with zero attached hydrogens (tertiary/aromatic N) is 1. The summed E-state index contributed by atoms with van der Waals surface area (Å²) in [5.74, 6) is -0.205. The molecule has 0 aromatic carbocycles. The van der Waals surface area contributed by atoms with Gasteiger partial charge in [-0.05, 0) is 6.42 Å². The Morgan fingerprint density at radius 3 is 1.39 bits per heavy atom. The van der Waals surface area contributed by atoms with E-state index in [-0.39, 0.29) is 12.6 Å². The molecule has 0 aliphatic heterocycles. The third kappa shape index (κ3) is 18.5. The second-order valence-corrected chi connectivity index (χ2v) is 7.25. The summed E-state index contributed by atoms with van der Waals surface area (Å²) in [5.41, 5.74) is 0. The van der Waals surface area contributed by atoms with Crippen molar-refractivity contribution in [1.29, 1.82) is 0 Å². The third-order valence-corrected chi connectivity index (χ3v) is 4.83. The van der Waals surface area contributed by atoms with Crippen molar-refractivity contribution in [3.63, 3.8) is 0 Å². The number of rotatable bonds is 24. The largest absolute Gasteiger partial charge is 0.463 e. The van der Waals surface area contributed by atoms with Crippen molar-refractivity contribution in [3.05, 3.63) is 0 Å². The van der Waals surface area contributed by atoms with Gasteiger partial charge in [0.1, 0.15) is 32.8 Å². The van der Waals surface area contributed by atoms with Crippen LogP contribution in [0.4, 0.5) is 0 Å². The summed E-state index contributed by atoms with van der Waals surface area (Å²) in [4.78, 5) is 11.2. The molecule has 0 aromatic rings. The Morgan fingerprint density at radius 1 is 0.581 bits per heavy atom. The van der Waals surface area contributed by atoms with E-state index in [2.05, 4.69) is 6.92 Å². The maximum atomic E-state index is 11.2. The predicted molar refractivity (Wildman–Crippen MR) is 118 cm³/mol. The van der Waals surface area contributed by atoms with Gasteiger partial charge in [0.05, 0.1) is 59.5 Å². The summed E-state index contributed by atoms with van der Waals surface area (Å²) in [6.45, 7) is 13.5. The third-order valence-electron chi connectivity index (χ3n) is 4.83. The second-order valence-electron chi connectivity index (χ2n) is 7.25. The molecule has 31 heavy (non-hydrogen) atoms. The first-order valence-electron chi connectivity index (χ1n) is 11.4. The topological polar surface area (TPSA) is 81.7 Å². The number of quaternary nitrogens is 1. The molecule has 0 aliphatic carbocycles. The maximum absolute atomic E-state index is 11.2. The summed E-state index contributed by atoms with van der Waals surface area (Å²) >= 11 is 0. The zero-order valence-electron chi connectivity index (χ0n) is 20.2. The Bertz CT molecular complexity index is 384. The first-order valence-corrected chi connectivity index (χ1v) is 11.4. The van der Waals surface area contributed by atoms with E-state index in [1.807, 2.05) is 0 Å². The molecule has 0 unspecified atom stereocenters. The molecule has 0 aliphatic rings. The van der Waals surface area contributed by atoms with E-state index >= 15 is 0 Å². The Balaban J connectivity index is 4.70. The average Bonchev–Trinajstić information content (AvgIpc) is 2.78. The minimum atomic E-state index is -0.205. The highest BCUT2D eigenvalue weighted by Crippen LogP contribution is 2.08. The molecule has 0 spiro atoms. The van der Waals surface area contributed by atoms with Gasteiger partial charge in [0, 0.05) is 27.2 Å². The monoisotopic (exact) mass is 452 g/mol. The molecule has 0 bridgehead atoms. The van der Waals surface area contributed by atoms with Crippen LogP contribution in [-0.2, 0) is 38.0 Å². The molecule has 0 N–H and O–H groups in total. The normalized spacial score (nSPS) is 11.7. The van der Waals surface area contributed by atoms with Gasteiger partial charge in [0.2, 0.25) is 0 Å². The van der Waals surface area contributed by atoms with Crippen molar-refractivity contribution < 1.29 is 42.4 Å². The van der Waals surface area contributed by atoms with E-state index in [9.17, 15) is 4.79 Å². The number of carbonyl (C=O) groups excluding carboxylic acids is 1. The Hall–Kier alpha value is -0.810. The van der Waals surface area contributed by atoms with E-state index in [1.54, 1.807) is 21.1 Å². The first-order chi connectivity index (χ1) is 15.1. The number of carbonyl (C=O) groups is 1. The Morgan fingerprint density at radius 2 is 1.00 bits per heavy atom. The van der Waals surface area contributed by atoms with Gasteiger partial charge < -0.3 is 37.6 Å². The summed E-state index contributed by atoms with van der Waals surface area (Å²) in [5, 5.41) is 0. The fourth-order valence-electron chi connectivity index (χ4n) is 2.86. The molecule has 9 nitrogen and oxygen atoms in total. The van der Waals surface area contributed by atoms with Gasteiger partial charge in [-0.3, -0.25) is 4.79 Å². The van der Waals surface area contributed by atoms with Crippen LogP contribution in [0.25, 0.3) is 0 Å². The summed E-state index contributed by atoms with van der Waals surface area (Å²) in [7, 11) is 3.34. The van der Waals surface area contributed by atoms with Crippen LogP contribution in [0, 0.1) is 0 Å². The molecule has 0 rings (SSSR count). The van der Waals surface area contributed by atoms with Gasteiger partial charge in [0.15, 0.2) is 0 Å². The van der Waals surface area contributed by atoms with Crippen LogP contribution in [-0.4, -0.2) is 124 Å². The van der Waals surface area contributed by atoms with Gasteiger partial charge in [0.25, 0.3) is 0 Å². The average molecular weight is 453 g/mol. The van der Waals surface area contributed by atoms with Crippen LogP contribution >= 0.6 is 0 Å². The molecular formula is C22H46NO8+. The Labute approximate surface area is 188 Å². The lowest BCUT2D eigenvalue weighted by Gasteiger charge is -2.38. The molecule has 9 heteroatoms. The fourth-order valence-corrected chi connectivity index (χ4v) is 2.86. The van der Waals surface area contributed by atoms with Crippen molar-refractivity contribution in [1.82, 2.24) is 0 Å². The van der Waals surface area contributed by atoms with E-state index in [1.165, 1.54) is 0 Å². The summed E-state index contributed by atoms with van der Waals surface area (Å²) in [6.07, 6.45) is 1.38. The van der Waals surface area contributed by atoms with Gasteiger partial charge in [-0.1, -0.05) is 13.8 Å². The van der Waals surface area contributed by atoms with Crippen LogP contribution in [0.2, 0.25) is 0 Å². The van der Waals surface area contributed by atoms with Crippen molar-refractivity contribution in [2.45, 2.75) is 26.7 Å². The SMILES string of the molecule is CCCOCC[N+](CCOCCOC)(CCOCCOC)CCOCCOC(=O)CC. The highest BCUT2D eigenvalue weighted by Gasteiger charge is 2.27. The number of esters is 1. The second kappa shape index (κ2) is 22.4. The van der Waals surface area contributed by atoms with Crippen molar-refractivity contribution in [2.24, 2.45) is 0 Å². The van der Waals surface area contributed by atoms with Gasteiger partial charge in [-0.2, -0.15) is 0 Å². The smallest absolute Gasteiger partial charge is 0.305 e. The predicted octanol–water partition coefficient (Wildman–Crippen LogP) is 1.53. The first kappa shape index (κ1) is 30.2. The lowest BCUT2D eigenvalue weighted by molar-refractivity contribution is -0.929. The lowest BCUT2D eigenvalue weighted by Crippen LogP contribution is -2.55. The number of methoxy groups -OCH3 is 2. The van der Waals surface area contributed by atoms with Crippen LogP contribution < -0.4 is 0 Å². The molecule has 0 atom stereocenters. The van der Waals surface area contributed by atoms with Gasteiger partial charge >= 0.3 is 5.97 Å².